The maximum atomic E-state index is 12.1. The zero-order chi connectivity index (χ0) is 14.5. The first-order chi connectivity index (χ1) is 8.74. The molecule has 110 valence electrons. The van der Waals surface area contributed by atoms with Crippen molar-refractivity contribution in [1.29, 1.82) is 0 Å². The lowest BCUT2D eigenvalue weighted by molar-refractivity contribution is 0.378. The smallest absolute Gasteiger partial charge is 0.250 e. The van der Waals surface area contributed by atoms with Crippen LogP contribution in [0.1, 0.15) is 39.7 Å². The van der Waals surface area contributed by atoms with Crippen LogP contribution in [0.2, 0.25) is 0 Å². The normalized spacial score (nSPS) is 12.8. The number of hydrogen-bond donors (Lipinski definition) is 2. The first-order valence-corrected chi connectivity index (χ1v) is 8.89. The van der Waals surface area contributed by atoms with Crippen LogP contribution < -0.4 is 10.0 Å². The van der Waals surface area contributed by atoms with Gasteiger partial charge in [-0.25, -0.2) is 13.1 Å². The van der Waals surface area contributed by atoms with Crippen molar-refractivity contribution in [3.05, 3.63) is 17.0 Å². The van der Waals surface area contributed by atoms with Crippen molar-refractivity contribution in [2.75, 3.05) is 13.1 Å². The van der Waals surface area contributed by atoms with Crippen LogP contribution in [0.4, 0.5) is 0 Å². The van der Waals surface area contributed by atoms with E-state index in [1.807, 2.05) is 12.3 Å². The van der Waals surface area contributed by atoms with Crippen molar-refractivity contribution < 1.29 is 8.42 Å². The minimum absolute atomic E-state index is 0.133. The molecule has 0 spiro atoms. The van der Waals surface area contributed by atoms with E-state index < -0.39 is 10.0 Å². The van der Waals surface area contributed by atoms with E-state index >= 15 is 0 Å². The Morgan fingerprint density at radius 2 is 2.00 bits per heavy atom. The largest absolute Gasteiger partial charge is 0.313 e. The van der Waals surface area contributed by atoms with E-state index in [0.717, 1.165) is 18.5 Å². The lowest BCUT2D eigenvalue weighted by Gasteiger charge is -2.17. The molecule has 1 aromatic rings. The minimum atomic E-state index is -3.35. The molecule has 2 N–H and O–H groups in total. The van der Waals surface area contributed by atoms with Crippen LogP contribution in [0.3, 0.4) is 0 Å². The van der Waals surface area contributed by atoms with Gasteiger partial charge >= 0.3 is 0 Å². The number of rotatable bonds is 7. The lowest BCUT2D eigenvalue weighted by atomic mass is 9.93. The van der Waals surface area contributed by atoms with E-state index in [2.05, 4.69) is 30.8 Å². The summed E-state index contributed by atoms with van der Waals surface area (Å²) in [6.07, 6.45) is 0.821. The molecule has 0 radical (unpaired) electrons. The molecule has 0 aliphatic carbocycles. The number of hydrogen-bond acceptors (Lipinski definition) is 4. The summed E-state index contributed by atoms with van der Waals surface area (Å²) in [6.45, 7) is 10.4. The molecule has 0 fully saturated rings. The molecule has 0 saturated heterocycles. The molecule has 0 amide bonds. The first-order valence-electron chi connectivity index (χ1n) is 6.52. The van der Waals surface area contributed by atoms with Crippen molar-refractivity contribution in [3.8, 4) is 0 Å². The van der Waals surface area contributed by atoms with Crippen LogP contribution in [0.5, 0.6) is 0 Å². The molecule has 6 heteroatoms. The van der Waals surface area contributed by atoms with Crippen molar-refractivity contribution in [2.24, 2.45) is 5.41 Å². The zero-order valence-corrected chi connectivity index (χ0v) is 13.7. The summed E-state index contributed by atoms with van der Waals surface area (Å²) in [5.74, 6) is 0. The molecule has 0 aliphatic rings. The van der Waals surface area contributed by atoms with Gasteiger partial charge in [-0.3, -0.25) is 0 Å². The Labute approximate surface area is 120 Å². The van der Waals surface area contributed by atoms with E-state index in [1.165, 1.54) is 11.3 Å². The van der Waals surface area contributed by atoms with Crippen molar-refractivity contribution in [2.45, 2.75) is 44.9 Å². The van der Waals surface area contributed by atoms with Gasteiger partial charge in [0.1, 0.15) is 4.21 Å². The fourth-order valence-corrected chi connectivity index (χ4v) is 3.77. The van der Waals surface area contributed by atoms with Crippen LogP contribution in [-0.4, -0.2) is 21.5 Å². The summed E-state index contributed by atoms with van der Waals surface area (Å²) in [5.41, 5.74) is 1.15. The first kappa shape index (κ1) is 16.6. The van der Waals surface area contributed by atoms with Crippen LogP contribution in [0.15, 0.2) is 15.7 Å². The van der Waals surface area contributed by atoms with Crippen molar-refractivity contribution in [3.63, 3.8) is 0 Å². The average Bonchev–Trinajstić information content (AvgIpc) is 2.73. The summed E-state index contributed by atoms with van der Waals surface area (Å²) in [6, 6.07) is 1.74. The van der Waals surface area contributed by atoms with Gasteiger partial charge in [-0.05, 0) is 35.4 Å². The fraction of sp³-hybridized carbons (Fsp3) is 0.692. The highest BCUT2D eigenvalue weighted by molar-refractivity contribution is 7.91. The third kappa shape index (κ3) is 6.03. The third-order valence-corrected chi connectivity index (χ3v) is 5.59. The second kappa shape index (κ2) is 6.83. The molecular formula is C13H24N2O2S2. The molecule has 4 nitrogen and oxygen atoms in total. The van der Waals surface area contributed by atoms with Gasteiger partial charge in [0.25, 0.3) is 0 Å². The summed E-state index contributed by atoms with van der Waals surface area (Å²) < 4.78 is 27.2. The molecule has 19 heavy (non-hydrogen) atoms. The molecular weight excluding hydrogens is 280 g/mol. The summed E-state index contributed by atoms with van der Waals surface area (Å²) in [7, 11) is -3.35. The molecule has 0 aliphatic heterocycles. The van der Waals surface area contributed by atoms with E-state index in [-0.39, 0.29) is 5.41 Å². The molecule has 0 saturated carbocycles. The summed E-state index contributed by atoms with van der Waals surface area (Å²) in [5, 5.41) is 5.07. The van der Waals surface area contributed by atoms with Gasteiger partial charge in [0.05, 0.1) is 0 Å². The Morgan fingerprint density at radius 3 is 2.58 bits per heavy atom. The predicted molar refractivity (Wildman–Crippen MR) is 81.0 cm³/mol. The third-order valence-electron chi connectivity index (χ3n) is 2.64. The highest BCUT2D eigenvalue weighted by Gasteiger charge is 2.18. The fourth-order valence-electron chi connectivity index (χ4n) is 1.49. The van der Waals surface area contributed by atoms with Gasteiger partial charge in [0.2, 0.25) is 10.0 Å². The monoisotopic (exact) mass is 304 g/mol. The quantitative estimate of drug-likeness (QED) is 0.814. The van der Waals surface area contributed by atoms with Gasteiger partial charge in [0.15, 0.2) is 0 Å². The molecule has 1 heterocycles. The highest BCUT2D eigenvalue weighted by atomic mass is 32.2. The molecule has 0 bridgehead atoms. The molecule has 0 aromatic carbocycles. The lowest BCUT2D eigenvalue weighted by Crippen LogP contribution is -2.26. The highest BCUT2D eigenvalue weighted by Crippen LogP contribution is 2.21. The number of thiophene rings is 1. The van der Waals surface area contributed by atoms with Gasteiger partial charge in [0, 0.05) is 13.1 Å². The van der Waals surface area contributed by atoms with E-state index in [0.29, 0.717) is 17.3 Å². The van der Waals surface area contributed by atoms with Crippen LogP contribution in [0.25, 0.3) is 0 Å². The van der Waals surface area contributed by atoms with Crippen LogP contribution in [-0.2, 0) is 16.6 Å². The Hall–Kier alpha value is -0.430. The Morgan fingerprint density at radius 1 is 1.32 bits per heavy atom. The number of sulfonamides is 1. The molecule has 1 aromatic heterocycles. The van der Waals surface area contributed by atoms with Gasteiger partial charge in [-0.2, -0.15) is 0 Å². The Kier molecular flexibility index (Phi) is 5.98. The Balaban J connectivity index is 2.59. The summed E-state index contributed by atoms with van der Waals surface area (Å²) >= 11 is 1.27. The maximum absolute atomic E-state index is 12.1. The standard InChI is InChI=1S/C13H24N2O2S2/c1-5-14-9-11-8-12(18-10-11)19(16,17)15-7-6-13(2,3)4/h8,10,14-15H,5-7,9H2,1-4H3. The van der Waals surface area contributed by atoms with E-state index in [4.69, 9.17) is 0 Å². The number of nitrogens with one attached hydrogen (secondary N) is 2. The Bertz CT molecular complexity index is 487. The van der Waals surface area contributed by atoms with Gasteiger partial charge < -0.3 is 5.32 Å². The van der Waals surface area contributed by atoms with Crippen LogP contribution in [0, 0.1) is 5.41 Å². The average molecular weight is 304 g/mol. The second-order valence-corrected chi connectivity index (χ2v) is 8.67. The van der Waals surface area contributed by atoms with E-state index in [1.54, 1.807) is 6.07 Å². The van der Waals surface area contributed by atoms with Gasteiger partial charge in [-0.1, -0.05) is 27.7 Å². The molecule has 1 rings (SSSR count). The zero-order valence-electron chi connectivity index (χ0n) is 12.1. The van der Waals surface area contributed by atoms with Gasteiger partial charge in [-0.15, -0.1) is 11.3 Å². The SMILES string of the molecule is CCNCc1csc(S(=O)(=O)NCCC(C)(C)C)c1. The molecule has 0 atom stereocenters. The van der Waals surface area contributed by atoms with Crippen molar-refractivity contribution >= 4 is 21.4 Å². The summed E-state index contributed by atoms with van der Waals surface area (Å²) in [4.78, 5) is 0. The molecule has 0 unspecified atom stereocenters. The predicted octanol–water partition coefficient (Wildman–Crippen LogP) is 2.57. The van der Waals surface area contributed by atoms with E-state index in [9.17, 15) is 8.42 Å². The minimum Gasteiger partial charge on any atom is -0.313 e. The topological polar surface area (TPSA) is 58.2 Å². The van der Waals surface area contributed by atoms with Crippen LogP contribution >= 0.6 is 11.3 Å². The maximum Gasteiger partial charge on any atom is 0.250 e. The second-order valence-electron chi connectivity index (χ2n) is 5.76. The van der Waals surface area contributed by atoms with Crippen molar-refractivity contribution in [1.82, 2.24) is 10.0 Å².